The molecule has 1 saturated heterocycles. The van der Waals surface area contributed by atoms with Gasteiger partial charge in [-0.1, -0.05) is 26.2 Å². The molecule has 2 rings (SSSR count). The smallest absolute Gasteiger partial charge is 0.221 e. The first-order valence-corrected chi connectivity index (χ1v) is 7.11. The van der Waals surface area contributed by atoms with Crippen LogP contribution in [-0.4, -0.2) is 38.3 Å². The van der Waals surface area contributed by atoms with Crippen LogP contribution in [0.25, 0.3) is 0 Å². The van der Waals surface area contributed by atoms with Crippen LogP contribution in [0, 0.1) is 5.41 Å². The lowest BCUT2D eigenvalue weighted by Gasteiger charge is -2.39. The van der Waals surface area contributed by atoms with Crippen LogP contribution in [0.2, 0.25) is 0 Å². The largest absolute Gasteiger partial charge is 0.380 e. The van der Waals surface area contributed by atoms with Crippen molar-refractivity contribution >= 4 is 5.91 Å². The van der Waals surface area contributed by atoms with E-state index in [4.69, 9.17) is 4.74 Å². The highest BCUT2D eigenvalue weighted by Crippen LogP contribution is 2.31. The second-order valence-electron chi connectivity index (χ2n) is 6.35. The minimum atomic E-state index is 0.0410. The number of carbonyl (C=O) groups excluding carboxylic acids is 1. The summed E-state index contributed by atoms with van der Waals surface area (Å²) in [5, 5.41) is 6.46. The van der Waals surface area contributed by atoms with Crippen molar-refractivity contribution in [2.75, 3.05) is 26.8 Å². The molecule has 0 radical (unpaired) electrons. The molecule has 2 aliphatic rings. The highest BCUT2D eigenvalue weighted by molar-refractivity contribution is 5.77. The number of rotatable bonds is 5. The maximum absolute atomic E-state index is 12.1. The summed E-state index contributed by atoms with van der Waals surface area (Å²) < 4.78 is 5.20. The molecule has 1 aliphatic carbocycles. The summed E-state index contributed by atoms with van der Waals surface area (Å²) in [5.41, 5.74) is 0.203. The van der Waals surface area contributed by atoms with E-state index in [0.717, 1.165) is 32.6 Å². The molecule has 0 bridgehead atoms. The average Bonchev–Trinajstić information content (AvgIpc) is 2.35. The fourth-order valence-corrected chi connectivity index (χ4v) is 2.98. The second kappa shape index (κ2) is 5.57. The van der Waals surface area contributed by atoms with Gasteiger partial charge in [0, 0.05) is 23.9 Å². The molecule has 0 aromatic heterocycles. The molecule has 0 unspecified atom stereocenters. The van der Waals surface area contributed by atoms with Crippen molar-refractivity contribution in [2.24, 2.45) is 5.41 Å². The zero-order valence-electron chi connectivity index (χ0n) is 11.7. The van der Waals surface area contributed by atoms with Crippen LogP contribution in [0.3, 0.4) is 0 Å². The number of hydrogen-bond acceptors (Lipinski definition) is 3. The van der Waals surface area contributed by atoms with Crippen LogP contribution in [0.15, 0.2) is 0 Å². The summed E-state index contributed by atoms with van der Waals surface area (Å²) in [6.07, 6.45) is 6.63. The van der Waals surface area contributed by atoms with Gasteiger partial charge in [-0.25, -0.2) is 0 Å². The summed E-state index contributed by atoms with van der Waals surface area (Å²) in [4.78, 5) is 12.1. The maximum Gasteiger partial charge on any atom is 0.221 e. The molecule has 4 nitrogen and oxygen atoms in total. The summed E-state index contributed by atoms with van der Waals surface area (Å²) in [6, 6.07) is 0. The van der Waals surface area contributed by atoms with E-state index in [1.807, 2.05) is 7.05 Å². The molecule has 2 N–H and O–H groups in total. The van der Waals surface area contributed by atoms with Crippen LogP contribution in [-0.2, 0) is 9.53 Å². The van der Waals surface area contributed by atoms with E-state index < -0.39 is 0 Å². The third-order valence-corrected chi connectivity index (χ3v) is 4.45. The molecule has 1 aliphatic heterocycles. The minimum Gasteiger partial charge on any atom is -0.380 e. The predicted octanol–water partition coefficient (Wildman–Crippen LogP) is 1.45. The van der Waals surface area contributed by atoms with Gasteiger partial charge in [-0.05, 0) is 19.9 Å². The topological polar surface area (TPSA) is 50.4 Å². The second-order valence-corrected chi connectivity index (χ2v) is 6.35. The van der Waals surface area contributed by atoms with Crippen LogP contribution < -0.4 is 10.6 Å². The van der Waals surface area contributed by atoms with E-state index in [9.17, 15) is 4.79 Å². The Balaban J connectivity index is 1.78. The highest BCUT2D eigenvalue weighted by atomic mass is 16.5. The van der Waals surface area contributed by atoms with Gasteiger partial charge >= 0.3 is 0 Å². The van der Waals surface area contributed by atoms with Gasteiger partial charge in [-0.3, -0.25) is 4.79 Å². The maximum atomic E-state index is 12.1. The molecule has 0 aromatic carbocycles. The lowest BCUT2D eigenvalue weighted by atomic mass is 9.79. The van der Waals surface area contributed by atoms with E-state index in [1.165, 1.54) is 19.3 Å². The van der Waals surface area contributed by atoms with Crippen molar-refractivity contribution in [3.8, 4) is 0 Å². The molecule has 1 heterocycles. The van der Waals surface area contributed by atoms with Crippen molar-refractivity contribution in [2.45, 2.75) is 51.0 Å². The van der Waals surface area contributed by atoms with Gasteiger partial charge in [0.15, 0.2) is 0 Å². The number of amides is 1. The normalized spacial score (nSPS) is 25.2. The molecule has 0 spiro atoms. The quantitative estimate of drug-likeness (QED) is 0.781. The molecule has 0 aromatic rings. The van der Waals surface area contributed by atoms with E-state index in [-0.39, 0.29) is 16.9 Å². The van der Waals surface area contributed by atoms with Crippen molar-refractivity contribution in [3.05, 3.63) is 0 Å². The van der Waals surface area contributed by atoms with Crippen molar-refractivity contribution in [3.63, 3.8) is 0 Å². The van der Waals surface area contributed by atoms with Gasteiger partial charge in [0.2, 0.25) is 5.91 Å². The fraction of sp³-hybridized carbons (Fsp3) is 0.929. The number of carbonyl (C=O) groups is 1. The molecule has 1 amide bonds. The van der Waals surface area contributed by atoms with Crippen molar-refractivity contribution in [1.82, 2.24) is 10.6 Å². The molecule has 4 heteroatoms. The summed E-state index contributed by atoms with van der Waals surface area (Å²) in [7, 11) is 1.99. The van der Waals surface area contributed by atoms with Gasteiger partial charge < -0.3 is 15.4 Å². The van der Waals surface area contributed by atoms with E-state index >= 15 is 0 Å². The Bertz CT molecular complexity index is 294. The Morgan fingerprint density at radius 2 is 1.89 bits per heavy atom. The van der Waals surface area contributed by atoms with Crippen LogP contribution in [0.4, 0.5) is 0 Å². The zero-order valence-corrected chi connectivity index (χ0v) is 11.7. The Labute approximate surface area is 110 Å². The van der Waals surface area contributed by atoms with Crippen molar-refractivity contribution < 1.29 is 9.53 Å². The van der Waals surface area contributed by atoms with Crippen molar-refractivity contribution in [1.29, 1.82) is 0 Å². The lowest BCUT2D eigenvalue weighted by molar-refractivity contribution is -0.128. The SMILES string of the molecule is CNC1(CC(=O)NCC2(C)COC2)CCCCC1. The predicted molar refractivity (Wildman–Crippen MR) is 71.4 cm³/mol. The van der Waals surface area contributed by atoms with Gasteiger partial charge in [-0.2, -0.15) is 0 Å². The number of hydrogen-bond donors (Lipinski definition) is 2. The zero-order chi connectivity index (χ0) is 13.1. The molecular weight excluding hydrogens is 228 g/mol. The third-order valence-electron chi connectivity index (χ3n) is 4.45. The van der Waals surface area contributed by atoms with Gasteiger partial charge in [0.25, 0.3) is 0 Å². The van der Waals surface area contributed by atoms with Gasteiger partial charge in [0.1, 0.15) is 0 Å². The summed E-state index contributed by atoms with van der Waals surface area (Å²) in [6.45, 7) is 4.44. The first-order valence-electron chi connectivity index (χ1n) is 7.11. The third kappa shape index (κ3) is 3.23. The standard InChI is InChI=1S/C14H26N2O2/c1-13(10-18-11-13)9-16-12(17)8-14(15-2)6-4-3-5-7-14/h15H,3-11H2,1-2H3,(H,16,17). The summed E-state index contributed by atoms with van der Waals surface area (Å²) in [5.74, 6) is 0.180. The summed E-state index contributed by atoms with van der Waals surface area (Å²) >= 11 is 0. The molecule has 2 fully saturated rings. The van der Waals surface area contributed by atoms with Crippen LogP contribution >= 0.6 is 0 Å². The average molecular weight is 254 g/mol. The van der Waals surface area contributed by atoms with Crippen LogP contribution in [0.5, 0.6) is 0 Å². The molecule has 1 saturated carbocycles. The number of ether oxygens (including phenoxy) is 1. The molecule has 0 atom stereocenters. The highest BCUT2D eigenvalue weighted by Gasteiger charge is 2.36. The minimum absolute atomic E-state index is 0.0410. The van der Waals surface area contributed by atoms with E-state index in [2.05, 4.69) is 17.6 Å². The Morgan fingerprint density at radius 1 is 1.22 bits per heavy atom. The first-order chi connectivity index (χ1) is 8.58. The number of nitrogens with one attached hydrogen (secondary N) is 2. The molecule has 104 valence electrons. The Kier molecular flexibility index (Phi) is 4.28. The lowest BCUT2D eigenvalue weighted by Crippen LogP contribution is -2.52. The van der Waals surface area contributed by atoms with E-state index in [0.29, 0.717) is 6.42 Å². The van der Waals surface area contributed by atoms with Gasteiger partial charge in [0.05, 0.1) is 13.2 Å². The first kappa shape index (κ1) is 13.8. The Hall–Kier alpha value is -0.610. The van der Waals surface area contributed by atoms with E-state index in [1.54, 1.807) is 0 Å². The van der Waals surface area contributed by atoms with Gasteiger partial charge in [-0.15, -0.1) is 0 Å². The molecular formula is C14H26N2O2. The van der Waals surface area contributed by atoms with Crippen LogP contribution in [0.1, 0.15) is 45.4 Å². The Morgan fingerprint density at radius 3 is 2.39 bits per heavy atom. The molecule has 18 heavy (non-hydrogen) atoms. The fourth-order valence-electron chi connectivity index (χ4n) is 2.98. The monoisotopic (exact) mass is 254 g/mol.